The maximum absolute atomic E-state index is 12.0. The molecule has 1 rings (SSSR count). The number of Topliss-reactive ketones (excluding diaryl/α,β-unsaturated/α-hetero) is 1. The van der Waals surface area contributed by atoms with E-state index < -0.39 is 6.04 Å². The lowest BCUT2D eigenvalue weighted by molar-refractivity contribution is -0.134. The Labute approximate surface area is 130 Å². The molecule has 0 aromatic carbocycles. The van der Waals surface area contributed by atoms with Crippen LogP contribution in [0.5, 0.6) is 0 Å². The molecular weight excluding hydrogens is 286 g/mol. The van der Waals surface area contributed by atoms with Gasteiger partial charge in [-0.25, -0.2) is 0 Å². The van der Waals surface area contributed by atoms with Gasteiger partial charge in [-0.2, -0.15) is 5.48 Å². The van der Waals surface area contributed by atoms with Crippen molar-refractivity contribution in [2.75, 3.05) is 19.6 Å². The molecule has 8 heteroatoms. The van der Waals surface area contributed by atoms with E-state index in [-0.39, 0.29) is 30.5 Å². The molecule has 0 spiro atoms. The zero-order chi connectivity index (χ0) is 16.4. The topological polar surface area (TPSA) is 134 Å². The summed E-state index contributed by atoms with van der Waals surface area (Å²) in [4.78, 5) is 29.6. The fourth-order valence-electron chi connectivity index (χ4n) is 2.51. The molecule has 1 amide bonds. The number of nitrogens with two attached hydrogens (primary N) is 2. The number of guanidine groups is 1. The Balaban J connectivity index is 2.28. The van der Waals surface area contributed by atoms with Gasteiger partial charge in [-0.1, -0.05) is 0 Å². The summed E-state index contributed by atoms with van der Waals surface area (Å²) < 4.78 is 0. The van der Waals surface area contributed by atoms with Crippen molar-refractivity contribution in [3.05, 3.63) is 0 Å². The highest BCUT2D eigenvalue weighted by atomic mass is 16.5. The predicted octanol–water partition coefficient (Wildman–Crippen LogP) is -0.251. The molecule has 8 nitrogen and oxygen atoms in total. The van der Waals surface area contributed by atoms with Crippen LogP contribution in [-0.4, -0.2) is 53.4 Å². The first-order valence-corrected chi connectivity index (χ1v) is 7.80. The van der Waals surface area contributed by atoms with Crippen LogP contribution in [0.2, 0.25) is 0 Å². The Morgan fingerprint density at radius 2 is 1.86 bits per heavy atom. The largest absolute Gasteiger partial charge is 0.370 e. The number of amides is 1. The second-order valence-electron chi connectivity index (χ2n) is 5.54. The van der Waals surface area contributed by atoms with E-state index in [1.807, 2.05) is 10.4 Å². The van der Waals surface area contributed by atoms with Gasteiger partial charge in [0.1, 0.15) is 0 Å². The molecule has 1 unspecified atom stereocenters. The minimum atomic E-state index is -0.677. The highest BCUT2D eigenvalue weighted by molar-refractivity contribution is 5.88. The maximum Gasteiger partial charge on any atom is 0.223 e. The number of hydrogen-bond donors (Lipinski definition) is 4. The minimum absolute atomic E-state index is 0.00645. The average Bonchev–Trinajstić information content (AvgIpc) is 2.53. The Morgan fingerprint density at radius 3 is 2.45 bits per heavy atom. The molecule has 0 radical (unpaired) electrons. The minimum Gasteiger partial charge on any atom is -0.370 e. The first-order valence-electron chi connectivity index (χ1n) is 7.80. The Kier molecular flexibility index (Phi) is 8.46. The van der Waals surface area contributed by atoms with Gasteiger partial charge in [-0.05, 0) is 32.1 Å². The predicted molar refractivity (Wildman–Crippen MR) is 83.3 cm³/mol. The number of aliphatic imine (C=N–C) groups is 1. The molecule has 0 aromatic rings. The maximum atomic E-state index is 12.0. The molecule has 1 fully saturated rings. The summed E-state index contributed by atoms with van der Waals surface area (Å²) in [5.41, 5.74) is 12.4. The van der Waals surface area contributed by atoms with Gasteiger partial charge < -0.3 is 21.6 Å². The molecule has 126 valence electrons. The molecule has 0 bridgehead atoms. The summed E-state index contributed by atoms with van der Waals surface area (Å²) in [5.74, 6) is -0.144. The quantitative estimate of drug-likeness (QED) is 0.201. The molecule has 0 aromatic heterocycles. The van der Waals surface area contributed by atoms with Crippen LogP contribution >= 0.6 is 0 Å². The number of ketones is 1. The fourth-order valence-corrected chi connectivity index (χ4v) is 2.51. The average molecular weight is 313 g/mol. The van der Waals surface area contributed by atoms with Crippen LogP contribution in [0.4, 0.5) is 0 Å². The first kappa shape index (κ1) is 18.4. The van der Waals surface area contributed by atoms with E-state index in [2.05, 4.69) is 4.99 Å². The lowest BCUT2D eigenvalue weighted by Crippen LogP contribution is -2.38. The van der Waals surface area contributed by atoms with Crippen molar-refractivity contribution in [2.45, 2.75) is 51.0 Å². The van der Waals surface area contributed by atoms with Crippen LogP contribution < -0.4 is 16.9 Å². The van der Waals surface area contributed by atoms with Gasteiger partial charge in [0.25, 0.3) is 0 Å². The van der Waals surface area contributed by atoms with Gasteiger partial charge in [0.15, 0.2) is 11.7 Å². The number of likely N-dealkylation sites (tertiary alicyclic amines) is 1. The van der Waals surface area contributed by atoms with Gasteiger partial charge in [-0.3, -0.25) is 14.6 Å². The van der Waals surface area contributed by atoms with E-state index in [1.165, 1.54) is 0 Å². The monoisotopic (exact) mass is 313 g/mol. The van der Waals surface area contributed by atoms with E-state index in [9.17, 15) is 9.59 Å². The Hall–Kier alpha value is -1.67. The molecule has 1 saturated heterocycles. The van der Waals surface area contributed by atoms with Crippen molar-refractivity contribution in [3.8, 4) is 0 Å². The lowest BCUT2D eigenvalue weighted by atomic mass is 10.0. The third-order valence-corrected chi connectivity index (χ3v) is 3.78. The second-order valence-corrected chi connectivity index (χ2v) is 5.54. The molecule has 6 N–H and O–H groups in total. The van der Waals surface area contributed by atoms with Gasteiger partial charge in [-0.15, -0.1) is 0 Å². The van der Waals surface area contributed by atoms with Crippen LogP contribution in [0, 0.1) is 0 Å². The molecule has 0 aliphatic carbocycles. The van der Waals surface area contributed by atoms with Crippen LogP contribution in [0.15, 0.2) is 4.99 Å². The normalized spacial score (nSPS) is 16.1. The molecule has 1 heterocycles. The van der Waals surface area contributed by atoms with Crippen molar-refractivity contribution in [1.82, 2.24) is 10.4 Å². The van der Waals surface area contributed by atoms with E-state index in [0.717, 1.165) is 32.4 Å². The Bertz CT molecular complexity index is 390. The number of nitrogens with zero attached hydrogens (tertiary/aromatic N) is 2. The number of hydroxylamine groups is 1. The van der Waals surface area contributed by atoms with E-state index in [1.54, 1.807) is 0 Å². The molecule has 0 saturated carbocycles. The Morgan fingerprint density at radius 1 is 1.18 bits per heavy atom. The van der Waals surface area contributed by atoms with Gasteiger partial charge in [0.2, 0.25) is 5.91 Å². The summed E-state index contributed by atoms with van der Waals surface area (Å²) in [7, 11) is 0. The third kappa shape index (κ3) is 6.86. The van der Waals surface area contributed by atoms with Crippen LogP contribution in [-0.2, 0) is 9.59 Å². The standard InChI is InChI=1S/C14H27N5O3/c15-14(16)17-8-4-5-11(18-22)12(20)6-7-13(21)19-9-2-1-3-10-19/h11,18,22H,1-10H2,(H4,15,16,17). The summed E-state index contributed by atoms with van der Waals surface area (Å²) in [6, 6.07) is -0.677. The number of piperidine rings is 1. The van der Waals surface area contributed by atoms with Crippen molar-refractivity contribution in [1.29, 1.82) is 0 Å². The molecule has 1 atom stereocenters. The van der Waals surface area contributed by atoms with Gasteiger partial charge in [0, 0.05) is 32.5 Å². The fraction of sp³-hybridized carbons (Fsp3) is 0.786. The van der Waals surface area contributed by atoms with E-state index in [0.29, 0.717) is 19.4 Å². The van der Waals surface area contributed by atoms with Crippen molar-refractivity contribution < 1.29 is 14.8 Å². The van der Waals surface area contributed by atoms with Crippen molar-refractivity contribution >= 4 is 17.6 Å². The van der Waals surface area contributed by atoms with Gasteiger partial charge >= 0.3 is 0 Å². The van der Waals surface area contributed by atoms with Crippen LogP contribution in [0.25, 0.3) is 0 Å². The van der Waals surface area contributed by atoms with E-state index in [4.69, 9.17) is 16.7 Å². The summed E-state index contributed by atoms with van der Waals surface area (Å²) in [6.07, 6.45) is 4.55. The molecule has 1 aliphatic rings. The third-order valence-electron chi connectivity index (χ3n) is 3.78. The van der Waals surface area contributed by atoms with Crippen LogP contribution in [0.3, 0.4) is 0 Å². The van der Waals surface area contributed by atoms with Gasteiger partial charge in [0.05, 0.1) is 6.04 Å². The number of carbonyl (C=O) groups excluding carboxylic acids is 2. The summed E-state index contributed by atoms with van der Waals surface area (Å²) >= 11 is 0. The highest BCUT2D eigenvalue weighted by Gasteiger charge is 2.21. The first-order chi connectivity index (χ1) is 10.5. The van der Waals surface area contributed by atoms with E-state index >= 15 is 0 Å². The number of rotatable bonds is 9. The second kappa shape index (κ2) is 10.1. The smallest absolute Gasteiger partial charge is 0.223 e. The highest BCUT2D eigenvalue weighted by Crippen LogP contribution is 2.11. The zero-order valence-electron chi connectivity index (χ0n) is 13.0. The molecule has 22 heavy (non-hydrogen) atoms. The van der Waals surface area contributed by atoms with Crippen molar-refractivity contribution in [2.24, 2.45) is 16.5 Å². The number of hydrogen-bond acceptors (Lipinski definition) is 5. The van der Waals surface area contributed by atoms with Crippen molar-refractivity contribution in [3.63, 3.8) is 0 Å². The van der Waals surface area contributed by atoms with Crippen LogP contribution in [0.1, 0.15) is 44.9 Å². The number of nitrogens with one attached hydrogen (secondary N) is 1. The SMILES string of the molecule is NC(N)=NCCCC(NO)C(=O)CCC(=O)N1CCCCC1. The molecule has 1 aliphatic heterocycles. The summed E-state index contributed by atoms with van der Waals surface area (Å²) in [5, 5.41) is 9.07. The summed E-state index contributed by atoms with van der Waals surface area (Å²) in [6.45, 7) is 1.97. The number of carbonyl (C=O) groups is 2. The zero-order valence-corrected chi connectivity index (χ0v) is 13.0. The molecular formula is C14H27N5O3. The lowest BCUT2D eigenvalue weighted by Gasteiger charge is -2.26.